The standard InChI is InChI=1S/C24H21ClN2O6S/c1-24(12-25)18(23(31)33-11-13-7-9-14(32-2)10-8-13)27-21(30)17(22(27)34-24)26-19(28)15-5-3-4-6-16(15)20(26)29/h3-10,17-18,22H,11-12H2,1-2H3. The molecule has 3 amide bonds. The first-order valence-corrected chi connectivity index (χ1v) is 12.0. The van der Waals surface area contributed by atoms with Gasteiger partial charge in [-0.1, -0.05) is 24.3 Å². The number of esters is 1. The highest BCUT2D eigenvalue weighted by molar-refractivity contribution is 8.01. The molecular weight excluding hydrogens is 480 g/mol. The molecule has 0 bridgehead atoms. The van der Waals surface area contributed by atoms with Gasteiger partial charge in [0.05, 0.1) is 23.0 Å². The van der Waals surface area contributed by atoms with Crippen molar-refractivity contribution in [1.82, 2.24) is 9.80 Å². The summed E-state index contributed by atoms with van der Waals surface area (Å²) in [5, 5.41) is -0.572. The van der Waals surface area contributed by atoms with Gasteiger partial charge in [-0.25, -0.2) is 4.79 Å². The van der Waals surface area contributed by atoms with Gasteiger partial charge in [0, 0.05) is 5.88 Å². The average molecular weight is 501 g/mol. The maximum Gasteiger partial charge on any atom is 0.330 e. The van der Waals surface area contributed by atoms with Crippen LogP contribution in [-0.4, -0.2) is 68.7 Å². The van der Waals surface area contributed by atoms with Gasteiger partial charge in [0.25, 0.3) is 17.7 Å². The third-order valence-corrected chi connectivity index (χ3v) is 8.78. The minimum absolute atomic E-state index is 0.0247. The van der Waals surface area contributed by atoms with E-state index in [1.165, 1.54) is 16.7 Å². The van der Waals surface area contributed by atoms with Crippen molar-refractivity contribution in [2.45, 2.75) is 35.7 Å². The second-order valence-electron chi connectivity index (χ2n) is 8.53. The molecule has 3 heterocycles. The molecule has 3 aliphatic heterocycles. The molecule has 2 aromatic carbocycles. The van der Waals surface area contributed by atoms with Gasteiger partial charge in [-0.2, -0.15) is 0 Å². The highest BCUT2D eigenvalue weighted by Crippen LogP contribution is 2.53. The molecule has 2 aromatic rings. The molecule has 8 nitrogen and oxygen atoms in total. The van der Waals surface area contributed by atoms with Gasteiger partial charge in [0.1, 0.15) is 29.8 Å². The lowest BCUT2D eigenvalue weighted by Gasteiger charge is -2.46. The number of nitrogens with zero attached hydrogens (tertiary/aromatic N) is 2. The highest BCUT2D eigenvalue weighted by atomic mass is 35.5. The molecule has 34 heavy (non-hydrogen) atoms. The smallest absolute Gasteiger partial charge is 0.330 e. The van der Waals surface area contributed by atoms with Gasteiger partial charge >= 0.3 is 5.97 Å². The number of benzene rings is 2. The van der Waals surface area contributed by atoms with Crippen LogP contribution in [0.3, 0.4) is 0 Å². The Labute approximate surface area is 205 Å². The molecule has 5 rings (SSSR count). The number of β-lactam (4-membered cyclic amide) rings is 1. The number of ether oxygens (including phenoxy) is 2. The van der Waals surface area contributed by atoms with Crippen LogP contribution in [0.25, 0.3) is 0 Å². The minimum Gasteiger partial charge on any atom is -0.497 e. The number of hydrogen-bond donors (Lipinski definition) is 0. The van der Waals surface area contributed by atoms with Crippen LogP contribution in [0, 0.1) is 0 Å². The van der Waals surface area contributed by atoms with Crippen LogP contribution in [0.4, 0.5) is 0 Å². The summed E-state index contributed by atoms with van der Waals surface area (Å²) in [6.45, 7) is 1.81. The Hall–Kier alpha value is -3.04. The number of alkyl halides is 1. The van der Waals surface area contributed by atoms with E-state index in [4.69, 9.17) is 21.1 Å². The van der Waals surface area contributed by atoms with E-state index in [9.17, 15) is 19.2 Å². The van der Waals surface area contributed by atoms with E-state index in [2.05, 4.69) is 0 Å². The van der Waals surface area contributed by atoms with E-state index >= 15 is 0 Å². The third-order valence-electron chi connectivity index (χ3n) is 6.43. The van der Waals surface area contributed by atoms with Crippen molar-refractivity contribution >= 4 is 47.1 Å². The topological polar surface area (TPSA) is 93.2 Å². The van der Waals surface area contributed by atoms with Gasteiger partial charge in [0.15, 0.2) is 0 Å². The lowest BCUT2D eigenvalue weighted by atomic mass is 9.95. The first kappa shape index (κ1) is 22.7. The summed E-state index contributed by atoms with van der Waals surface area (Å²) in [7, 11) is 1.56. The Bertz CT molecular complexity index is 1170. The quantitative estimate of drug-likeness (QED) is 0.260. The second-order valence-corrected chi connectivity index (χ2v) is 10.4. The lowest BCUT2D eigenvalue weighted by Crippen LogP contribution is -2.71. The molecule has 0 aliphatic carbocycles. The molecule has 0 N–H and O–H groups in total. The molecule has 0 spiro atoms. The first-order valence-electron chi connectivity index (χ1n) is 10.6. The van der Waals surface area contributed by atoms with Gasteiger partial charge in [-0.3, -0.25) is 19.3 Å². The summed E-state index contributed by atoms with van der Waals surface area (Å²) in [5.74, 6) is -1.29. The summed E-state index contributed by atoms with van der Waals surface area (Å²) in [6, 6.07) is 11.7. The molecular formula is C24H21ClN2O6S. The number of imide groups is 1. The first-order chi connectivity index (χ1) is 16.3. The van der Waals surface area contributed by atoms with Crippen molar-refractivity contribution in [3.05, 3.63) is 65.2 Å². The Morgan fingerprint density at radius 3 is 2.24 bits per heavy atom. The fourth-order valence-electron chi connectivity index (χ4n) is 4.62. The Kier molecular flexibility index (Phi) is 5.56. The van der Waals surface area contributed by atoms with Crippen molar-refractivity contribution in [2.75, 3.05) is 13.0 Å². The summed E-state index contributed by atoms with van der Waals surface area (Å²) >= 11 is 7.57. The highest BCUT2D eigenvalue weighted by Gasteiger charge is 2.68. The molecule has 4 unspecified atom stereocenters. The van der Waals surface area contributed by atoms with Crippen LogP contribution < -0.4 is 4.74 Å². The maximum atomic E-state index is 13.2. The number of methoxy groups -OCH3 is 1. The van der Waals surface area contributed by atoms with E-state index in [0.717, 1.165) is 10.5 Å². The van der Waals surface area contributed by atoms with E-state index < -0.39 is 45.9 Å². The van der Waals surface area contributed by atoms with Crippen LogP contribution >= 0.6 is 23.4 Å². The molecule has 2 saturated heterocycles. The van der Waals surface area contributed by atoms with Crippen molar-refractivity contribution in [1.29, 1.82) is 0 Å². The van der Waals surface area contributed by atoms with Gasteiger partial charge in [0.2, 0.25) is 0 Å². The number of fused-ring (bicyclic) bond motifs is 2. The Balaban J connectivity index is 1.35. The molecule has 176 valence electrons. The van der Waals surface area contributed by atoms with Crippen molar-refractivity contribution in [3.8, 4) is 5.75 Å². The van der Waals surface area contributed by atoms with Crippen molar-refractivity contribution in [2.24, 2.45) is 0 Å². The number of thioether (sulfide) groups is 1. The van der Waals surface area contributed by atoms with E-state index in [1.54, 1.807) is 62.6 Å². The third kappa shape index (κ3) is 3.29. The monoisotopic (exact) mass is 500 g/mol. The van der Waals surface area contributed by atoms with Crippen LogP contribution in [0.15, 0.2) is 48.5 Å². The SMILES string of the molecule is COc1ccc(COC(=O)C2N3C(=O)C(N4C(=O)c5ccccc5C4=O)C3SC2(C)CCl)cc1. The van der Waals surface area contributed by atoms with E-state index in [-0.39, 0.29) is 23.6 Å². The zero-order chi connectivity index (χ0) is 24.2. The average Bonchev–Trinajstić information content (AvgIpc) is 3.28. The molecule has 4 atom stereocenters. The van der Waals surface area contributed by atoms with Gasteiger partial charge in [-0.15, -0.1) is 23.4 Å². The predicted molar refractivity (Wildman–Crippen MR) is 125 cm³/mol. The summed E-state index contributed by atoms with van der Waals surface area (Å²) in [5.41, 5.74) is 1.32. The summed E-state index contributed by atoms with van der Waals surface area (Å²) < 4.78 is 9.83. The molecule has 3 aliphatic rings. The van der Waals surface area contributed by atoms with E-state index in [0.29, 0.717) is 5.75 Å². The number of carbonyl (C=O) groups excluding carboxylic acids is 4. The lowest BCUT2D eigenvalue weighted by molar-refractivity contribution is -0.166. The number of rotatable bonds is 6. The molecule has 2 fully saturated rings. The van der Waals surface area contributed by atoms with Crippen LogP contribution in [0.5, 0.6) is 5.75 Å². The van der Waals surface area contributed by atoms with Crippen molar-refractivity contribution < 1.29 is 28.7 Å². The van der Waals surface area contributed by atoms with Crippen LogP contribution in [0.1, 0.15) is 33.2 Å². The second kappa shape index (κ2) is 8.32. The summed E-state index contributed by atoms with van der Waals surface area (Å²) in [6.07, 6.45) is 0. The van der Waals surface area contributed by atoms with Crippen LogP contribution in [0.2, 0.25) is 0 Å². The zero-order valence-corrected chi connectivity index (χ0v) is 20.0. The van der Waals surface area contributed by atoms with E-state index in [1.807, 2.05) is 0 Å². The number of amides is 3. The molecule has 0 radical (unpaired) electrons. The molecule has 0 saturated carbocycles. The maximum absolute atomic E-state index is 13.2. The number of halogens is 1. The largest absolute Gasteiger partial charge is 0.497 e. The van der Waals surface area contributed by atoms with Crippen molar-refractivity contribution in [3.63, 3.8) is 0 Å². The Morgan fingerprint density at radius 1 is 1.06 bits per heavy atom. The number of carbonyl (C=O) groups is 4. The van der Waals surface area contributed by atoms with Gasteiger partial charge < -0.3 is 14.4 Å². The fraction of sp³-hybridized carbons (Fsp3) is 0.333. The zero-order valence-electron chi connectivity index (χ0n) is 18.4. The fourth-order valence-corrected chi connectivity index (χ4v) is 6.62. The summed E-state index contributed by atoms with van der Waals surface area (Å²) in [4.78, 5) is 54.6. The van der Waals surface area contributed by atoms with Crippen LogP contribution in [-0.2, 0) is 20.9 Å². The predicted octanol–water partition coefficient (Wildman–Crippen LogP) is 2.68. The normalized spacial score (nSPS) is 27.4. The molecule has 0 aromatic heterocycles. The number of hydrogen-bond acceptors (Lipinski definition) is 7. The molecule has 10 heteroatoms. The minimum atomic E-state index is -0.987. The Morgan fingerprint density at radius 2 is 1.68 bits per heavy atom. The van der Waals surface area contributed by atoms with Gasteiger partial charge in [-0.05, 0) is 36.8 Å².